The Balaban J connectivity index is 3.49. The molecule has 0 bridgehead atoms. The molecule has 0 aliphatic heterocycles. The molecule has 7 nitrogen and oxygen atoms in total. The number of nitro groups is 1. The van der Waals surface area contributed by atoms with Crippen LogP contribution in [0.1, 0.15) is 13.8 Å². The Labute approximate surface area is 114 Å². The van der Waals surface area contributed by atoms with E-state index in [4.69, 9.17) is 9.84 Å². The largest absolute Gasteiger partial charge is 0.494 e. The number of likely N-dealkylation sites (N-methyl/N-ethyl adjacent to an activating group) is 1. The fraction of sp³-hybridized carbons (Fsp3) is 0.417. The molecule has 20 heavy (non-hydrogen) atoms. The van der Waals surface area contributed by atoms with Crippen molar-refractivity contribution in [1.29, 1.82) is 0 Å². The normalized spacial score (nSPS) is 11.1. The predicted molar refractivity (Wildman–Crippen MR) is 69.7 cm³/mol. The molecule has 0 aliphatic carbocycles. The number of nitrogens with zero attached hydrogens (tertiary/aromatic N) is 2. The van der Waals surface area contributed by atoms with Crippen molar-refractivity contribution in [3.05, 3.63) is 28.1 Å². The highest BCUT2D eigenvalue weighted by Crippen LogP contribution is 2.36. The molecule has 1 aromatic rings. The van der Waals surface area contributed by atoms with Crippen LogP contribution in [-0.4, -0.2) is 35.7 Å². The molecule has 0 heterocycles. The first-order valence-electron chi connectivity index (χ1n) is 5.62. The summed E-state index contributed by atoms with van der Waals surface area (Å²) in [6.45, 7) is 2.77. The van der Waals surface area contributed by atoms with Crippen molar-refractivity contribution in [3.8, 4) is 5.75 Å². The molecule has 1 aromatic carbocycles. The van der Waals surface area contributed by atoms with Gasteiger partial charge in [-0.25, -0.2) is 9.18 Å². The van der Waals surface area contributed by atoms with Gasteiger partial charge in [0.2, 0.25) is 0 Å². The number of hydrogen-bond acceptors (Lipinski definition) is 5. The minimum Gasteiger partial charge on any atom is -0.494 e. The Bertz CT molecular complexity index is 559. The van der Waals surface area contributed by atoms with Gasteiger partial charge in [-0.1, -0.05) is 0 Å². The molecule has 0 aromatic heterocycles. The molecule has 8 heteroatoms. The van der Waals surface area contributed by atoms with Gasteiger partial charge in [0, 0.05) is 13.1 Å². The van der Waals surface area contributed by atoms with Gasteiger partial charge in [0.1, 0.15) is 11.2 Å². The smallest absolute Gasteiger partial charge is 0.328 e. The van der Waals surface area contributed by atoms with E-state index >= 15 is 0 Å². The van der Waals surface area contributed by atoms with Gasteiger partial charge in [0.25, 0.3) is 5.69 Å². The molecule has 0 atom stereocenters. The number of aliphatic carboxylic acids is 1. The Morgan fingerprint density at radius 1 is 1.50 bits per heavy atom. The summed E-state index contributed by atoms with van der Waals surface area (Å²) >= 11 is 0. The molecule has 110 valence electrons. The highest BCUT2D eigenvalue weighted by atomic mass is 19.1. The van der Waals surface area contributed by atoms with Crippen molar-refractivity contribution < 1.29 is 24.0 Å². The summed E-state index contributed by atoms with van der Waals surface area (Å²) in [6, 6.07) is 1.82. The molecule has 0 aliphatic rings. The van der Waals surface area contributed by atoms with Crippen molar-refractivity contribution in [2.45, 2.75) is 19.4 Å². The highest BCUT2D eigenvalue weighted by Gasteiger charge is 2.36. The SMILES string of the molecule is COc1cc(N(C)C(C)(C)C(=O)O)c([N+](=O)[O-])cc1F. The summed E-state index contributed by atoms with van der Waals surface area (Å²) in [7, 11) is 2.60. The molecule has 0 saturated carbocycles. The monoisotopic (exact) mass is 286 g/mol. The fourth-order valence-electron chi connectivity index (χ4n) is 1.55. The van der Waals surface area contributed by atoms with E-state index in [9.17, 15) is 19.3 Å². The van der Waals surface area contributed by atoms with Crippen LogP contribution < -0.4 is 9.64 Å². The first-order valence-corrected chi connectivity index (χ1v) is 5.62. The van der Waals surface area contributed by atoms with E-state index in [0.717, 1.165) is 6.07 Å². The van der Waals surface area contributed by atoms with Gasteiger partial charge in [-0.3, -0.25) is 10.1 Å². The number of carbonyl (C=O) groups is 1. The molecule has 0 saturated heterocycles. The van der Waals surface area contributed by atoms with Crippen molar-refractivity contribution >= 4 is 17.3 Å². The number of nitro benzene ring substituents is 1. The summed E-state index contributed by atoms with van der Waals surface area (Å²) in [5.74, 6) is -2.25. The molecule has 0 amide bonds. The third-order valence-corrected chi connectivity index (χ3v) is 3.17. The number of benzene rings is 1. The molecule has 0 fully saturated rings. The quantitative estimate of drug-likeness (QED) is 0.657. The van der Waals surface area contributed by atoms with Crippen molar-refractivity contribution in [3.63, 3.8) is 0 Å². The maximum Gasteiger partial charge on any atom is 0.328 e. The lowest BCUT2D eigenvalue weighted by atomic mass is 10.0. The van der Waals surface area contributed by atoms with Crippen LogP contribution in [0, 0.1) is 15.9 Å². The van der Waals surface area contributed by atoms with Crippen LogP contribution >= 0.6 is 0 Å². The maximum atomic E-state index is 13.5. The molecule has 0 unspecified atom stereocenters. The number of ether oxygens (including phenoxy) is 1. The van der Waals surface area contributed by atoms with Gasteiger partial charge in [-0.05, 0) is 13.8 Å². The standard InChI is InChI=1S/C12H15FN2O5/c1-12(2,11(16)17)14(3)8-6-10(20-4)7(13)5-9(8)15(18)19/h5-6H,1-4H3,(H,16,17). The second-order valence-corrected chi connectivity index (χ2v) is 4.66. The van der Waals surface area contributed by atoms with E-state index in [0.29, 0.717) is 6.07 Å². The topological polar surface area (TPSA) is 92.9 Å². The summed E-state index contributed by atoms with van der Waals surface area (Å²) in [5.41, 5.74) is -1.98. The van der Waals surface area contributed by atoms with Crippen LogP contribution in [0.4, 0.5) is 15.8 Å². The summed E-state index contributed by atoms with van der Waals surface area (Å²) < 4.78 is 18.3. The molecular weight excluding hydrogens is 271 g/mol. The maximum absolute atomic E-state index is 13.5. The predicted octanol–water partition coefficient (Wildman–Crippen LogP) is 2.04. The fourth-order valence-corrected chi connectivity index (χ4v) is 1.55. The van der Waals surface area contributed by atoms with Crippen molar-refractivity contribution in [2.24, 2.45) is 0 Å². The average Bonchev–Trinajstić information content (AvgIpc) is 2.37. The van der Waals surface area contributed by atoms with Gasteiger partial charge in [0.05, 0.1) is 18.1 Å². The van der Waals surface area contributed by atoms with E-state index < -0.39 is 27.9 Å². The minimum atomic E-state index is -1.41. The van der Waals surface area contributed by atoms with E-state index in [-0.39, 0.29) is 11.4 Å². The molecule has 1 rings (SSSR count). The van der Waals surface area contributed by atoms with Crippen molar-refractivity contribution in [1.82, 2.24) is 0 Å². The number of anilines is 1. The van der Waals surface area contributed by atoms with E-state index in [2.05, 4.69) is 0 Å². The van der Waals surface area contributed by atoms with Crippen LogP contribution in [-0.2, 0) is 4.79 Å². The van der Waals surface area contributed by atoms with Gasteiger partial charge in [-0.15, -0.1) is 0 Å². The van der Waals surface area contributed by atoms with E-state index in [1.54, 1.807) is 0 Å². The van der Waals surface area contributed by atoms with Gasteiger partial charge in [0.15, 0.2) is 11.6 Å². The Kier molecular flexibility index (Phi) is 4.17. The van der Waals surface area contributed by atoms with Crippen LogP contribution in [0.15, 0.2) is 12.1 Å². The first kappa shape index (κ1) is 15.7. The van der Waals surface area contributed by atoms with Crippen molar-refractivity contribution in [2.75, 3.05) is 19.1 Å². The van der Waals surface area contributed by atoms with Crippen LogP contribution in [0.3, 0.4) is 0 Å². The zero-order valence-corrected chi connectivity index (χ0v) is 11.5. The average molecular weight is 286 g/mol. The van der Waals surface area contributed by atoms with Gasteiger partial charge >= 0.3 is 5.97 Å². The number of hydrogen-bond donors (Lipinski definition) is 1. The lowest BCUT2D eigenvalue weighted by Crippen LogP contribution is -2.48. The minimum absolute atomic E-state index is 0.0411. The number of rotatable bonds is 5. The Morgan fingerprint density at radius 3 is 2.45 bits per heavy atom. The second kappa shape index (κ2) is 5.32. The Morgan fingerprint density at radius 2 is 2.05 bits per heavy atom. The zero-order chi connectivity index (χ0) is 15.7. The van der Waals surface area contributed by atoms with Crippen LogP contribution in [0.5, 0.6) is 5.75 Å². The second-order valence-electron chi connectivity index (χ2n) is 4.66. The molecule has 1 N–H and O–H groups in total. The summed E-state index contributed by atoms with van der Waals surface area (Å²) in [6.07, 6.45) is 0. The van der Waals surface area contributed by atoms with Crippen LogP contribution in [0.25, 0.3) is 0 Å². The lowest BCUT2D eigenvalue weighted by molar-refractivity contribution is -0.384. The molecule has 0 spiro atoms. The summed E-state index contributed by atoms with van der Waals surface area (Å²) in [5, 5.41) is 20.2. The first-order chi connectivity index (χ1) is 9.12. The summed E-state index contributed by atoms with van der Waals surface area (Å²) in [4.78, 5) is 22.6. The number of methoxy groups -OCH3 is 1. The lowest BCUT2D eigenvalue weighted by Gasteiger charge is -2.33. The number of halogens is 1. The number of carboxylic acid groups (broad SMARTS) is 1. The molecule has 0 radical (unpaired) electrons. The third kappa shape index (κ3) is 2.63. The van der Waals surface area contributed by atoms with Gasteiger partial charge < -0.3 is 14.7 Å². The zero-order valence-electron chi connectivity index (χ0n) is 11.5. The number of carboxylic acids is 1. The van der Waals surface area contributed by atoms with E-state index in [1.807, 2.05) is 0 Å². The third-order valence-electron chi connectivity index (χ3n) is 3.17. The van der Waals surface area contributed by atoms with E-state index in [1.165, 1.54) is 32.9 Å². The van der Waals surface area contributed by atoms with Crippen LogP contribution in [0.2, 0.25) is 0 Å². The highest BCUT2D eigenvalue weighted by molar-refractivity contribution is 5.84. The molecular formula is C12H15FN2O5. The van der Waals surface area contributed by atoms with Gasteiger partial charge in [-0.2, -0.15) is 0 Å². The Hall–Kier alpha value is -2.38.